The van der Waals surface area contributed by atoms with Crippen molar-refractivity contribution in [1.29, 1.82) is 0 Å². The Labute approximate surface area is 236 Å². The van der Waals surface area contributed by atoms with Gasteiger partial charge in [-0.15, -0.1) is 17.5 Å². The third-order valence-electron chi connectivity index (χ3n) is 3.46. The van der Waals surface area contributed by atoms with E-state index in [-0.39, 0.29) is 13.1 Å². The molecule has 0 N–H and O–H groups in total. The van der Waals surface area contributed by atoms with Crippen molar-refractivity contribution in [2.75, 3.05) is 33.9 Å². The van der Waals surface area contributed by atoms with Crippen molar-refractivity contribution >= 4 is 12.1 Å². The molecule has 0 heterocycles. The van der Waals surface area contributed by atoms with Crippen molar-refractivity contribution in [3.05, 3.63) is 25.3 Å². The number of rotatable bonds is 10. The minimum atomic E-state index is -5.57. The lowest BCUT2D eigenvalue weighted by Crippen LogP contribution is -2.36. The summed E-state index contributed by atoms with van der Waals surface area (Å²) in [7, 11) is 2.67. The van der Waals surface area contributed by atoms with Gasteiger partial charge in [-0.3, -0.25) is 9.53 Å². The first-order valence-electron chi connectivity index (χ1n) is 10.6. The molecule has 0 fully saturated rings. The second-order valence-corrected chi connectivity index (χ2v) is 7.46. The number of nitrogens with zero attached hydrogens (tertiary/aromatic N) is 2. The summed E-state index contributed by atoms with van der Waals surface area (Å²) in [6.07, 6.45) is -35.2. The Morgan fingerprint density at radius 2 is 1.18 bits per heavy atom. The van der Waals surface area contributed by atoms with Gasteiger partial charge in [0.25, 0.3) is 6.36 Å². The maximum Gasteiger partial charge on any atom is 0.445 e. The zero-order valence-corrected chi connectivity index (χ0v) is 22.1. The Bertz CT molecular complexity index is 824. The van der Waals surface area contributed by atoms with Gasteiger partial charge >= 0.3 is 37.0 Å². The van der Waals surface area contributed by atoms with Crippen molar-refractivity contribution in [2.45, 2.75) is 56.1 Å². The highest BCUT2D eigenvalue weighted by molar-refractivity contribution is 5.76. The molecule has 0 aromatic carbocycles. The summed E-state index contributed by atoms with van der Waals surface area (Å²) in [5, 5.41) is 0. The third kappa shape index (κ3) is 30.5. The van der Waals surface area contributed by atoms with Crippen LogP contribution in [0.2, 0.25) is 0 Å². The largest absolute Gasteiger partial charge is 0.445 e. The van der Waals surface area contributed by atoms with Crippen LogP contribution in [0.3, 0.4) is 0 Å². The highest BCUT2D eigenvalue weighted by Gasteiger charge is 2.49. The minimum Gasteiger partial charge on any atom is -0.342 e. The topological polar surface area (TPSA) is 59.1 Å². The van der Waals surface area contributed by atoms with Crippen molar-refractivity contribution < 1.29 is 98.4 Å². The Morgan fingerprint density at radius 1 is 0.773 bits per heavy atom. The summed E-state index contributed by atoms with van der Waals surface area (Å²) < 4.78 is 207. The van der Waals surface area contributed by atoms with E-state index in [2.05, 4.69) is 22.8 Å². The molecule has 0 spiro atoms. The van der Waals surface area contributed by atoms with Crippen LogP contribution in [0.5, 0.6) is 0 Å². The Balaban J connectivity index is -0.000000245. The molecule has 0 saturated carbocycles. The Kier molecular flexibility index (Phi) is 22.8. The summed E-state index contributed by atoms with van der Waals surface area (Å²) in [6, 6.07) is 0. The van der Waals surface area contributed by atoms with E-state index in [0.29, 0.717) is 0 Å². The van der Waals surface area contributed by atoms with Crippen LogP contribution in [0.4, 0.5) is 84.0 Å². The molecule has 24 heteroatoms. The monoisotopic (exact) mass is 698 g/mol. The van der Waals surface area contributed by atoms with Gasteiger partial charge in [0, 0.05) is 27.2 Å². The first-order chi connectivity index (χ1) is 19.4. The molecule has 0 aromatic heterocycles. The van der Waals surface area contributed by atoms with E-state index >= 15 is 0 Å². The molecular weight excluding hydrogens is 674 g/mol. The molecule has 0 radical (unpaired) electrons. The minimum absolute atomic E-state index is 0.134. The summed E-state index contributed by atoms with van der Waals surface area (Å²) in [4.78, 5) is 24.5. The highest BCUT2D eigenvalue weighted by atomic mass is 19.4. The van der Waals surface area contributed by atoms with Crippen LogP contribution in [0.1, 0.15) is 12.8 Å². The molecule has 2 unspecified atom stereocenters. The Morgan fingerprint density at radius 3 is 1.39 bits per heavy atom. The predicted molar refractivity (Wildman–Crippen MR) is 114 cm³/mol. The lowest BCUT2D eigenvalue weighted by molar-refractivity contribution is -0.359. The molecule has 0 aliphatic heterocycles. The lowest BCUT2D eigenvalue weighted by Gasteiger charge is -2.18. The predicted octanol–water partition coefficient (Wildman–Crippen LogP) is 7.97. The molecule has 264 valence electrons. The molecule has 2 amide bonds. The highest BCUT2D eigenvalue weighted by Crippen LogP contribution is 2.33. The van der Waals surface area contributed by atoms with Gasteiger partial charge in [-0.05, 0) is 4.53 Å². The fraction of sp³-hybridized carbons (Fsp3) is 0.700. The second-order valence-electron chi connectivity index (χ2n) is 7.46. The van der Waals surface area contributed by atoms with E-state index in [9.17, 15) is 88.8 Å². The van der Waals surface area contributed by atoms with E-state index < -0.39 is 74.9 Å². The molecule has 0 saturated heterocycles. The number of alkyl halides is 16. The fourth-order valence-corrected chi connectivity index (χ4v) is 1.52. The molecule has 0 rings (SSSR count). The van der Waals surface area contributed by atoms with Gasteiger partial charge in [-0.2, -0.15) is 66.4 Å². The fourth-order valence-electron chi connectivity index (χ4n) is 1.52. The number of ether oxygens (including phenoxy) is 1. The van der Waals surface area contributed by atoms with Crippen LogP contribution in [0.25, 0.3) is 0 Å². The van der Waals surface area contributed by atoms with Gasteiger partial charge < -0.3 is 9.80 Å². The molecule has 2 atom stereocenters. The number of amides is 2. The summed E-state index contributed by atoms with van der Waals surface area (Å²) in [5.74, 6) is -0.942. The van der Waals surface area contributed by atoms with Crippen LogP contribution >= 0.6 is 0 Å². The van der Waals surface area contributed by atoms with Crippen molar-refractivity contribution in [3.8, 4) is 0 Å². The van der Waals surface area contributed by atoms with Gasteiger partial charge in [-0.25, -0.2) is 13.6 Å². The van der Waals surface area contributed by atoms with Gasteiger partial charge in [0.2, 0.25) is 12.0 Å². The quantitative estimate of drug-likeness (QED) is 0.101. The molecule has 44 heavy (non-hydrogen) atoms. The third-order valence-corrected chi connectivity index (χ3v) is 3.46. The molecular formula is C20H24F18N2O4. The zero-order valence-electron chi connectivity index (χ0n) is 22.1. The number of hydrogen-bond donors (Lipinski definition) is 0. The van der Waals surface area contributed by atoms with Gasteiger partial charge in [0.05, 0.1) is 6.42 Å². The van der Waals surface area contributed by atoms with Crippen LogP contribution in [-0.2, 0) is 14.5 Å². The van der Waals surface area contributed by atoms with E-state index in [1.165, 1.54) is 26.2 Å². The second kappa shape index (κ2) is 20.9. The molecule has 0 bridgehead atoms. The normalized spacial score (nSPS) is 13.4. The van der Waals surface area contributed by atoms with E-state index in [1.54, 1.807) is 0 Å². The van der Waals surface area contributed by atoms with Gasteiger partial charge in [0.1, 0.15) is 6.42 Å². The number of carbonyl (C=O) groups is 2. The average molecular weight is 698 g/mol. The number of carbonyl (C=O) groups excluding carboxylic acids is 2. The lowest BCUT2D eigenvalue weighted by atomic mass is 10.2. The first kappa shape index (κ1) is 48.0. The Hall–Kier alpha value is -2.92. The SMILES string of the molecule is C=CCN(C)C(=O)CC(F)(F)F.C=CCN(C)C(=O)F.FCC(F)(F)OC(F)C(F)(F)F.FOC(CC(F)(F)F)C(F)(F)F. The number of hydrogen-bond acceptors (Lipinski definition) is 4. The van der Waals surface area contributed by atoms with Crippen LogP contribution in [0, 0.1) is 0 Å². The van der Waals surface area contributed by atoms with E-state index in [1.807, 2.05) is 0 Å². The van der Waals surface area contributed by atoms with Crippen LogP contribution in [0.15, 0.2) is 25.3 Å². The average Bonchev–Trinajstić information content (AvgIpc) is 2.81. The standard InChI is InChI=1S/C7H10F3NO.C5H8FNO.2C4H3F7O/c1-3-4-11(2)6(12)5-7(8,9)10;1-3-4-7(2)5(6)8;5-1-3(7,8)12-2(6)4(9,10)11;5-3(6,7)1-2(12-11)4(8,9)10/h3H,1,4-5H2,2H3;3H,1,4H2,2H3;2*2H,1H2. The number of likely N-dealkylation sites (N-methyl/N-ethyl adjacent to an activating group) is 2. The smallest absolute Gasteiger partial charge is 0.342 e. The molecule has 6 nitrogen and oxygen atoms in total. The maximum atomic E-state index is 11.6. The van der Waals surface area contributed by atoms with Gasteiger partial charge in [-0.1, -0.05) is 12.2 Å². The molecule has 0 aliphatic carbocycles. The van der Waals surface area contributed by atoms with Crippen LogP contribution < -0.4 is 0 Å². The van der Waals surface area contributed by atoms with Crippen molar-refractivity contribution in [1.82, 2.24) is 9.80 Å². The van der Waals surface area contributed by atoms with E-state index in [4.69, 9.17) is 0 Å². The van der Waals surface area contributed by atoms with Crippen molar-refractivity contribution in [2.24, 2.45) is 0 Å². The zero-order chi connectivity index (χ0) is 36.3. The molecule has 0 aliphatic rings. The summed E-state index contributed by atoms with van der Waals surface area (Å²) >= 11 is 0. The van der Waals surface area contributed by atoms with Crippen molar-refractivity contribution in [3.63, 3.8) is 0 Å². The van der Waals surface area contributed by atoms with Gasteiger partial charge in [0.15, 0.2) is 6.67 Å². The first-order valence-corrected chi connectivity index (χ1v) is 10.6. The molecule has 0 aromatic rings. The van der Waals surface area contributed by atoms with Crippen LogP contribution in [-0.4, -0.2) is 99.0 Å². The number of halogens is 18. The summed E-state index contributed by atoms with van der Waals surface area (Å²) in [6.45, 7) is 4.51. The van der Waals surface area contributed by atoms with E-state index in [0.717, 1.165) is 9.80 Å². The maximum absolute atomic E-state index is 11.6. The summed E-state index contributed by atoms with van der Waals surface area (Å²) in [5.41, 5.74) is 0.